The van der Waals surface area contributed by atoms with Gasteiger partial charge in [-0.15, -0.1) is 0 Å². The van der Waals surface area contributed by atoms with Crippen LogP contribution in [0.15, 0.2) is 72.8 Å². The molecule has 0 spiro atoms. The Balaban J connectivity index is 1.85. The lowest BCUT2D eigenvalue weighted by atomic mass is 9.97. The lowest BCUT2D eigenvalue weighted by molar-refractivity contribution is -0.142. The molecule has 0 amide bonds. The standard InChI is InChI=1S/C33H33ClN2O6/c1-6-40-31(37)28-30(42-32(38)33(3,4)5)27-20(2)29(22-12-14-23(34)15-13-22)36(25(27)17-35-28)24(26-18-39-19-41-26)16-21-10-8-7-9-11-21/h7-15,17-18,24H,6,16,19H2,1-5H3. The van der Waals surface area contributed by atoms with Crippen LogP contribution in [-0.4, -0.2) is 34.9 Å². The topological polar surface area (TPSA) is 88.9 Å². The molecule has 9 heteroatoms. The van der Waals surface area contributed by atoms with E-state index in [4.69, 9.17) is 30.5 Å². The molecule has 218 valence electrons. The predicted molar refractivity (Wildman–Crippen MR) is 160 cm³/mol. The third-order valence-corrected chi connectivity index (χ3v) is 7.30. The molecule has 0 N–H and O–H groups in total. The van der Waals surface area contributed by atoms with Crippen molar-refractivity contribution in [3.8, 4) is 17.0 Å². The molecule has 0 saturated heterocycles. The summed E-state index contributed by atoms with van der Waals surface area (Å²) < 4.78 is 24.9. The number of benzene rings is 2. The number of pyridine rings is 1. The number of halogens is 1. The first-order valence-corrected chi connectivity index (χ1v) is 14.1. The number of hydrogen-bond donors (Lipinski definition) is 0. The molecule has 0 saturated carbocycles. The second-order valence-corrected chi connectivity index (χ2v) is 11.5. The van der Waals surface area contributed by atoms with Crippen molar-refractivity contribution in [2.45, 2.75) is 47.1 Å². The smallest absolute Gasteiger partial charge is 0.360 e. The maximum absolute atomic E-state index is 13.2. The Labute approximate surface area is 249 Å². The Morgan fingerprint density at radius 1 is 1.10 bits per heavy atom. The highest BCUT2D eigenvalue weighted by molar-refractivity contribution is 6.30. The average Bonchev–Trinajstić information content (AvgIpc) is 3.59. The van der Waals surface area contributed by atoms with Gasteiger partial charge in [-0.3, -0.25) is 4.79 Å². The van der Waals surface area contributed by atoms with Crippen molar-refractivity contribution in [3.63, 3.8) is 0 Å². The second kappa shape index (κ2) is 11.9. The third kappa shape index (κ3) is 5.72. The van der Waals surface area contributed by atoms with Gasteiger partial charge in [-0.05, 0) is 63.4 Å². The van der Waals surface area contributed by atoms with E-state index in [0.717, 1.165) is 22.4 Å². The van der Waals surface area contributed by atoms with Crippen LogP contribution >= 0.6 is 11.6 Å². The fourth-order valence-electron chi connectivity index (χ4n) is 5.01. The van der Waals surface area contributed by atoms with Gasteiger partial charge < -0.3 is 23.5 Å². The van der Waals surface area contributed by atoms with E-state index in [1.54, 1.807) is 40.2 Å². The minimum absolute atomic E-state index is 0.0633. The SMILES string of the molecule is CCOC(=O)c1ncc2c(c(C)c(-c3ccc(Cl)cc3)n2C(Cc2ccccc2)C2=COCO2)c1OC(=O)C(C)(C)C. The Bertz CT molecular complexity index is 1650. The van der Waals surface area contributed by atoms with Crippen LogP contribution in [0, 0.1) is 12.3 Å². The Morgan fingerprint density at radius 3 is 2.43 bits per heavy atom. The van der Waals surface area contributed by atoms with E-state index in [1.807, 2.05) is 49.4 Å². The number of nitrogens with zero attached hydrogens (tertiary/aromatic N) is 2. The largest absolute Gasteiger partial charge is 0.462 e. The highest BCUT2D eigenvalue weighted by Gasteiger charge is 2.34. The summed E-state index contributed by atoms with van der Waals surface area (Å²) in [5, 5.41) is 1.18. The van der Waals surface area contributed by atoms with Crippen LogP contribution in [0.25, 0.3) is 22.2 Å². The highest BCUT2D eigenvalue weighted by Crippen LogP contribution is 2.44. The van der Waals surface area contributed by atoms with E-state index in [9.17, 15) is 9.59 Å². The van der Waals surface area contributed by atoms with E-state index in [1.165, 1.54) is 0 Å². The number of carbonyl (C=O) groups is 2. The van der Waals surface area contributed by atoms with Crippen LogP contribution in [-0.2, 0) is 25.4 Å². The molecule has 1 aliphatic heterocycles. The zero-order valence-corrected chi connectivity index (χ0v) is 25.0. The van der Waals surface area contributed by atoms with Crippen molar-refractivity contribution in [3.05, 3.63) is 94.7 Å². The molecule has 8 nitrogen and oxygen atoms in total. The Kier molecular flexibility index (Phi) is 8.27. The summed E-state index contributed by atoms with van der Waals surface area (Å²) in [7, 11) is 0. The van der Waals surface area contributed by atoms with E-state index < -0.39 is 17.4 Å². The Hall–Kier alpha value is -4.30. The van der Waals surface area contributed by atoms with Crippen molar-refractivity contribution < 1.29 is 28.5 Å². The summed E-state index contributed by atoms with van der Waals surface area (Å²) in [4.78, 5) is 30.8. The van der Waals surface area contributed by atoms with Crippen LogP contribution < -0.4 is 4.74 Å². The van der Waals surface area contributed by atoms with Crippen molar-refractivity contribution in [1.29, 1.82) is 0 Å². The summed E-state index contributed by atoms with van der Waals surface area (Å²) in [6.07, 6.45) is 3.81. The van der Waals surface area contributed by atoms with Gasteiger partial charge >= 0.3 is 11.9 Å². The average molecular weight is 589 g/mol. The molecule has 0 aliphatic carbocycles. The number of ether oxygens (including phenoxy) is 4. The van der Waals surface area contributed by atoms with E-state index in [-0.39, 0.29) is 30.9 Å². The molecule has 1 aliphatic rings. The van der Waals surface area contributed by atoms with E-state index in [0.29, 0.717) is 28.1 Å². The fraction of sp³-hybridized carbons (Fsp3) is 0.303. The maximum Gasteiger partial charge on any atom is 0.360 e. The van der Waals surface area contributed by atoms with Crippen LogP contribution in [0.5, 0.6) is 5.75 Å². The summed E-state index contributed by atoms with van der Waals surface area (Å²) >= 11 is 6.27. The predicted octanol–water partition coefficient (Wildman–Crippen LogP) is 7.42. The van der Waals surface area contributed by atoms with Crippen molar-refractivity contribution in [2.24, 2.45) is 5.41 Å². The molecule has 5 rings (SSSR count). The molecule has 3 heterocycles. The minimum atomic E-state index is -0.834. The van der Waals surface area contributed by atoms with Gasteiger partial charge in [0.2, 0.25) is 6.79 Å². The lowest BCUT2D eigenvalue weighted by Gasteiger charge is -2.24. The van der Waals surface area contributed by atoms with Crippen LogP contribution in [0.2, 0.25) is 5.02 Å². The number of aryl methyl sites for hydroxylation is 1. The van der Waals surface area contributed by atoms with Crippen LogP contribution in [0.1, 0.15) is 55.4 Å². The zero-order chi connectivity index (χ0) is 30.0. The van der Waals surface area contributed by atoms with Gasteiger partial charge in [-0.2, -0.15) is 0 Å². The summed E-state index contributed by atoms with van der Waals surface area (Å²) in [5.74, 6) is -0.479. The molecular formula is C33H33ClN2O6. The first-order chi connectivity index (χ1) is 20.1. The normalized spacial score (nSPS) is 13.7. The minimum Gasteiger partial charge on any atom is -0.462 e. The third-order valence-electron chi connectivity index (χ3n) is 7.04. The van der Waals surface area contributed by atoms with Crippen molar-refractivity contribution >= 4 is 34.4 Å². The summed E-state index contributed by atoms with van der Waals surface area (Å²) in [6.45, 7) is 9.16. The van der Waals surface area contributed by atoms with Gasteiger partial charge in [-0.25, -0.2) is 9.78 Å². The monoisotopic (exact) mass is 588 g/mol. The number of aromatic nitrogens is 2. The zero-order valence-electron chi connectivity index (χ0n) is 24.3. The first kappa shape index (κ1) is 29.2. The maximum atomic E-state index is 13.2. The van der Waals surface area contributed by atoms with Gasteiger partial charge in [0.1, 0.15) is 6.26 Å². The Morgan fingerprint density at radius 2 is 1.81 bits per heavy atom. The van der Waals surface area contributed by atoms with Gasteiger partial charge in [0.05, 0.1) is 40.9 Å². The van der Waals surface area contributed by atoms with Crippen molar-refractivity contribution in [1.82, 2.24) is 9.55 Å². The molecule has 4 aromatic rings. The lowest BCUT2D eigenvalue weighted by Crippen LogP contribution is -2.27. The second-order valence-electron chi connectivity index (χ2n) is 11.1. The molecular weight excluding hydrogens is 556 g/mol. The molecule has 2 aromatic carbocycles. The van der Waals surface area contributed by atoms with Gasteiger partial charge in [0, 0.05) is 11.4 Å². The van der Waals surface area contributed by atoms with Crippen LogP contribution in [0.3, 0.4) is 0 Å². The first-order valence-electron chi connectivity index (χ1n) is 13.8. The molecule has 1 atom stereocenters. The number of hydrogen-bond acceptors (Lipinski definition) is 7. The number of fused-ring (bicyclic) bond motifs is 1. The molecule has 42 heavy (non-hydrogen) atoms. The fourth-order valence-corrected chi connectivity index (χ4v) is 5.13. The molecule has 0 fully saturated rings. The summed E-state index contributed by atoms with van der Waals surface area (Å²) in [5.41, 5.74) is 3.32. The van der Waals surface area contributed by atoms with Crippen molar-refractivity contribution in [2.75, 3.05) is 13.4 Å². The highest BCUT2D eigenvalue weighted by atomic mass is 35.5. The molecule has 0 radical (unpaired) electrons. The quantitative estimate of drug-likeness (QED) is 0.198. The summed E-state index contributed by atoms with van der Waals surface area (Å²) in [6, 6.07) is 17.2. The number of carbonyl (C=O) groups excluding carboxylic acids is 2. The van der Waals surface area contributed by atoms with E-state index in [2.05, 4.69) is 21.7 Å². The van der Waals surface area contributed by atoms with Crippen LogP contribution in [0.4, 0.5) is 0 Å². The molecule has 1 unspecified atom stereocenters. The van der Waals surface area contributed by atoms with Gasteiger partial charge in [0.15, 0.2) is 17.2 Å². The van der Waals surface area contributed by atoms with Gasteiger partial charge in [0.25, 0.3) is 0 Å². The number of esters is 2. The van der Waals surface area contributed by atoms with E-state index >= 15 is 0 Å². The number of allylic oxidation sites excluding steroid dienone is 1. The molecule has 0 bridgehead atoms. The molecule has 2 aromatic heterocycles. The van der Waals surface area contributed by atoms with Gasteiger partial charge in [-0.1, -0.05) is 54.1 Å². The number of rotatable bonds is 8.